The Morgan fingerprint density at radius 1 is 1.26 bits per heavy atom. The van der Waals surface area contributed by atoms with Crippen molar-refractivity contribution < 1.29 is 13.5 Å². The first-order chi connectivity index (χ1) is 8.79. The number of nitrogens with one attached hydrogen (secondary N) is 1. The van der Waals surface area contributed by atoms with Crippen molar-refractivity contribution in [1.82, 2.24) is 5.32 Å². The monoisotopic (exact) mass is 269 g/mol. The molecule has 1 heterocycles. The quantitative estimate of drug-likeness (QED) is 0.873. The molecule has 0 spiro atoms. The zero-order valence-electron chi connectivity index (χ0n) is 11.8. The van der Waals surface area contributed by atoms with E-state index in [4.69, 9.17) is 0 Å². The molecular weight excluding hydrogens is 248 g/mol. The summed E-state index contributed by atoms with van der Waals surface area (Å²) in [6.45, 7) is 6.70. The lowest BCUT2D eigenvalue weighted by Crippen LogP contribution is -2.39. The van der Waals surface area contributed by atoms with Crippen molar-refractivity contribution in [3.8, 4) is 5.75 Å². The van der Waals surface area contributed by atoms with Crippen LogP contribution in [0.15, 0.2) is 18.2 Å². The average molecular weight is 269 g/mol. The SMILES string of the molecule is CC1CNC(C(C)(C)C)c2cc(OC(F)F)ccc21. The van der Waals surface area contributed by atoms with Crippen molar-refractivity contribution in [3.63, 3.8) is 0 Å². The summed E-state index contributed by atoms with van der Waals surface area (Å²) in [5.41, 5.74) is 2.32. The van der Waals surface area contributed by atoms with Gasteiger partial charge in [-0.05, 0) is 34.6 Å². The molecule has 1 aliphatic heterocycles. The van der Waals surface area contributed by atoms with Crippen molar-refractivity contribution in [2.45, 2.75) is 46.3 Å². The van der Waals surface area contributed by atoms with Crippen LogP contribution >= 0.6 is 0 Å². The van der Waals surface area contributed by atoms with Gasteiger partial charge in [0.05, 0.1) is 0 Å². The Morgan fingerprint density at radius 3 is 2.53 bits per heavy atom. The van der Waals surface area contributed by atoms with Crippen LogP contribution in [0.4, 0.5) is 8.78 Å². The topological polar surface area (TPSA) is 21.3 Å². The molecule has 0 amide bonds. The lowest BCUT2D eigenvalue weighted by Gasteiger charge is -2.39. The molecule has 0 saturated carbocycles. The Kier molecular flexibility index (Phi) is 3.81. The Balaban J connectivity index is 2.41. The first-order valence-electron chi connectivity index (χ1n) is 6.61. The molecule has 1 aromatic rings. The van der Waals surface area contributed by atoms with Gasteiger partial charge in [-0.15, -0.1) is 0 Å². The van der Waals surface area contributed by atoms with Gasteiger partial charge in [0.1, 0.15) is 5.75 Å². The van der Waals surface area contributed by atoms with Crippen molar-refractivity contribution in [2.75, 3.05) is 6.54 Å². The van der Waals surface area contributed by atoms with E-state index in [-0.39, 0.29) is 17.2 Å². The summed E-state index contributed by atoms with van der Waals surface area (Å²) < 4.78 is 29.2. The highest BCUT2D eigenvalue weighted by Gasteiger charge is 2.32. The van der Waals surface area contributed by atoms with E-state index in [1.165, 1.54) is 5.56 Å². The Hall–Kier alpha value is -1.16. The zero-order valence-corrected chi connectivity index (χ0v) is 11.8. The third-order valence-corrected chi connectivity index (χ3v) is 3.62. The van der Waals surface area contributed by atoms with Crippen LogP contribution in [0.5, 0.6) is 5.75 Å². The molecule has 4 heteroatoms. The largest absolute Gasteiger partial charge is 0.435 e. The van der Waals surface area contributed by atoms with E-state index >= 15 is 0 Å². The Bertz CT molecular complexity index is 454. The van der Waals surface area contributed by atoms with Gasteiger partial charge in [-0.3, -0.25) is 0 Å². The molecular formula is C15H21F2NO. The predicted molar refractivity (Wildman–Crippen MR) is 71.7 cm³/mol. The molecule has 0 fully saturated rings. The summed E-state index contributed by atoms with van der Waals surface area (Å²) in [6, 6.07) is 5.45. The lowest BCUT2D eigenvalue weighted by atomic mass is 9.76. The molecule has 0 aliphatic carbocycles. The van der Waals surface area contributed by atoms with Crippen LogP contribution in [-0.2, 0) is 0 Å². The van der Waals surface area contributed by atoms with Crippen LogP contribution in [0, 0.1) is 5.41 Å². The first-order valence-corrected chi connectivity index (χ1v) is 6.61. The van der Waals surface area contributed by atoms with Crippen LogP contribution in [0.3, 0.4) is 0 Å². The van der Waals surface area contributed by atoms with Crippen molar-refractivity contribution in [3.05, 3.63) is 29.3 Å². The molecule has 1 N–H and O–H groups in total. The summed E-state index contributed by atoms with van der Waals surface area (Å²) in [5, 5.41) is 3.50. The third-order valence-electron chi connectivity index (χ3n) is 3.62. The van der Waals surface area contributed by atoms with Crippen LogP contribution in [0.1, 0.15) is 50.8 Å². The number of ether oxygens (including phenoxy) is 1. The summed E-state index contributed by atoms with van der Waals surface area (Å²) >= 11 is 0. The molecule has 2 unspecified atom stereocenters. The number of benzene rings is 1. The molecule has 1 aromatic carbocycles. The second-order valence-corrected chi connectivity index (χ2v) is 6.28. The van der Waals surface area contributed by atoms with E-state index < -0.39 is 6.61 Å². The maximum absolute atomic E-state index is 12.3. The smallest absolute Gasteiger partial charge is 0.387 e. The highest BCUT2D eigenvalue weighted by molar-refractivity contribution is 5.42. The summed E-state index contributed by atoms with van der Waals surface area (Å²) in [6.07, 6.45) is 0. The normalized spacial score (nSPS) is 23.3. The molecule has 0 saturated heterocycles. The summed E-state index contributed by atoms with van der Waals surface area (Å²) in [7, 11) is 0. The van der Waals surface area contributed by atoms with Gasteiger partial charge in [-0.25, -0.2) is 0 Å². The minimum atomic E-state index is -2.78. The van der Waals surface area contributed by atoms with Gasteiger partial charge in [0.15, 0.2) is 0 Å². The molecule has 1 aliphatic rings. The van der Waals surface area contributed by atoms with Crippen LogP contribution in [-0.4, -0.2) is 13.2 Å². The standard InChI is InChI=1S/C15H21F2NO/c1-9-8-18-13(15(2,3)4)12-7-10(19-14(16)17)5-6-11(9)12/h5-7,9,13-14,18H,8H2,1-4H3. The van der Waals surface area contributed by atoms with Crippen LogP contribution in [0.25, 0.3) is 0 Å². The van der Waals surface area contributed by atoms with Crippen molar-refractivity contribution in [1.29, 1.82) is 0 Å². The second-order valence-electron chi connectivity index (χ2n) is 6.28. The van der Waals surface area contributed by atoms with E-state index in [0.29, 0.717) is 5.92 Å². The minimum Gasteiger partial charge on any atom is -0.435 e. The van der Waals surface area contributed by atoms with Gasteiger partial charge < -0.3 is 10.1 Å². The van der Waals surface area contributed by atoms with Crippen molar-refractivity contribution in [2.24, 2.45) is 5.41 Å². The Morgan fingerprint density at radius 2 is 1.95 bits per heavy atom. The fourth-order valence-corrected chi connectivity index (χ4v) is 2.72. The van der Waals surface area contributed by atoms with E-state index in [1.807, 2.05) is 6.07 Å². The van der Waals surface area contributed by atoms with E-state index in [0.717, 1.165) is 12.1 Å². The lowest BCUT2D eigenvalue weighted by molar-refractivity contribution is -0.0499. The first kappa shape index (κ1) is 14.3. The van der Waals surface area contributed by atoms with Crippen LogP contribution in [0.2, 0.25) is 0 Å². The number of alkyl halides is 2. The maximum atomic E-state index is 12.3. The second kappa shape index (κ2) is 5.08. The van der Waals surface area contributed by atoms with E-state index in [9.17, 15) is 8.78 Å². The average Bonchev–Trinajstić information content (AvgIpc) is 2.26. The van der Waals surface area contributed by atoms with Gasteiger partial charge in [0.25, 0.3) is 0 Å². The molecule has 0 aromatic heterocycles. The molecule has 2 atom stereocenters. The predicted octanol–water partition coefficient (Wildman–Crippen LogP) is 4.08. The van der Waals surface area contributed by atoms with Gasteiger partial charge in [-0.2, -0.15) is 8.78 Å². The molecule has 2 nitrogen and oxygen atoms in total. The Labute approximate surface area is 113 Å². The minimum absolute atomic E-state index is 0.0261. The van der Waals surface area contributed by atoms with Gasteiger partial charge in [-0.1, -0.05) is 33.8 Å². The fourth-order valence-electron chi connectivity index (χ4n) is 2.72. The van der Waals surface area contributed by atoms with Crippen molar-refractivity contribution >= 4 is 0 Å². The molecule has 106 valence electrons. The zero-order chi connectivity index (χ0) is 14.2. The van der Waals surface area contributed by atoms with Gasteiger partial charge in [0.2, 0.25) is 0 Å². The van der Waals surface area contributed by atoms with Gasteiger partial charge >= 0.3 is 6.61 Å². The molecule has 2 rings (SSSR count). The highest BCUT2D eigenvalue weighted by Crippen LogP contribution is 2.41. The number of fused-ring (bicyclic) bond motifs is 1. The number of hydrogen-bond donors (Lipinski definition) is 1. The maximum Gasteiger partial charge on any atom is 0.387 e. The highest BCUT2D eigenvalue weighted by atomic mass is 19.3. The summed E-state index contributed by atoms with van der Waals surface area (Å²) in [5.74, 6) is 0.619. The molecule has 0 bridgehead atoms. The van der Waals surface area contributed by atoms with Gasteiger partial charge in [0, 0.05) is 12.6 Å². The number of rotatable bonds is 2. The summed E-state index contributed by atoms with van der Waals surface area (Å²) in [4.78, 5) is 0. The number of halogens is 2. The van der Waals surface area contributed by atoms with E-state index in [1.54, 1.807) is 12.1 Å². The number of hydrogen-bond acceptors (Lipinski definition) is 2. The third kappa shape index (κ3) is 3.06. The molecule has 19 heavy (non-hydrogen) atoms. The van der Waals surface area contributed by atoms with Crippen LogP contribution < -0.4 is 10.1 Å². The van der Waals surface area contributed by atoms with E-state index in [2.05, 4.69) is 37.7 Å². The molecule has 0 radical (unpaired) electrons. The fraction of sp³-hybridized carbons (Fsp3) is 0.600.